The largest absolute Gasteiger partial charge is 0.368 e. The summed E-state index contributed by atoms with van der Waals surface area (Å²) in [5.41, 5.74) is 12.0. The molecule has 0 aliphatic rings. The summed E-state index contributed by atoms with van der Waals surface area (Å²) in [4.78, 5) is 23.6. The van der Waals surface area contributed by atoms with Crippen molar-refractivity contribution in [3.63, 3.8) is 0 Å². The first-order chi connectivity index (χ1) is 10.9. The first-order valence-electron chi connectivity index (χ1n) is 6.82. The van der Waals surface area contributed by atoms with Gasteiger partial charge in [0, 0.05) is 5.02 Å². The van der Waals surface area contributed by atoms with Gasteiger partial charge in [-0.2, -0.15) is 15.0 Å². The predicted octanol–water partition coefficient (Wildman–Crippen LogP) is 1.80. The van der Waals surface area contributed by atoms with Gasteiger partial charge in [0.15, 0.2) is 0 Å². The van der Waals surface area contributed by atoms with Gasteiger partial charge < -0.3 is 16.8 Å². The van der Waals surface area contributed by atoms with Crippen LogP contribution in [0.5, 0.6) is 0 Å². The van der Waals surface area contributed by atoms with Crippen LogP contribution in [-0.4, -0.2) is 26.6 Å². The second kappa shape index (κ2) is 7.98. The van der Waals surface area contributed by atoms with E-state index < -0.39 is 0 Å². The van der Waals surface area contributed by atoms with Gasteiger partial charge in [-0.25, -0.2) is 0 Å². The summed E-state index contributed by atoms with van der Waals surface area (Å²) >= 11 is 7.22. The Hall–Kier alpha value is -2.06. The average Bonchev–Trinajstić information content (AvgIpc) is 2.46. The summed E-state index contributed by atoms with van der Waals surface area (Å²) in [6, 6.07) is 7.27. The lowest BCUT2D eigenvalue weighted by atomic mass is 10.1. The molecule has 0 aliphatic heterocycles. The quantitative estimate of drug-likeness (QED) is 0.724. The van der Waals surface area contributed by atoms with Crippen LogP contribution in [0.3, 0.4) is 0 Å². The van der Waals surface area contributed by atoms with Gasteiger partial charge in [-0.15, -0.1) is 11.8 Å². The molecule has 2 aromatic rings. The van der Waals surface area contributed by atoms with Crippen molar-refractivity contribution in [3.8, 4) is 0 Å². The Balaban J connectivity index is 1.79. The van der Waals surface area contributed by atoms with Crippen LogP contribution in [0.1, 0.15) is 24.4 Å². The van der Waals surface area contributed by atoms with Gasteiger partial charge in [0.2, 0.25) is 17.8 Å². The van der Waals surface area contributed by atoms with Gasteiger partial charge in [-0.05, 0) is 24.6 Å². The number of nitrogens with two attached hydrogens (primary N) is 2. The number of nitrogen functional groups attached to an aromatic ring is 2. The number of rotatable bonds is 6. The Morgan fingerprint density at radius 1 is 1.22 bits per heavy atom. The van der Waals surface area contributed by atoms with Crippen molar-refractivity contribution in [2.24, 2.45) is 0 Å². The van der Waals surface area contributed by atoms with E-state index in [-0.39, 0.29) is 29.6 Å². The fourth-order valence-electron chi connectivity index (χ4n) is 1.87. The molecule has 2 rings (SSSR count). The van der Waals surface area contributed by atoms with E-state index >= 15 is 0 Å². The number of carbonyl (C=O) groups excluding carboxylic acids is 1. The number of thioether (sulfide) groups is 1. The molecular weight excluding hydrogens is 336 g/mol. The topological polar surface area (TPSA) is 120 Å². The smallest absolute Gasteiger partial charge is 0.230 e. The van der Waals surface area contributed by atoms with E-state index in [1.165, 1.54) is 11.8 Å². The molecule has 1 unspecified atom stereocenters. The van der Waals surface area contributed by atoms with Crippen LogP contribution in [0.4, 0.5) is 11.9 Å². The molecule has 1 atom stereocenters. The van der Waals surface area contributed by atoms with Crippen molar-refractivity contribution in [3.05, 3.63) is 40.7 Å². The fraction of sp³-hybridized carbons (Fsp3) is 0.286. The number of aromatic nitrogens is 3. The lowest BCUT2D eigenvalue weighted by molar-refractivity contribution is -0.119. The number of nitrogens with one attached hydrogen (secondary N) is 1. The molecule has 5 N–H and O–H groups in total. The number of halogens is 1. The summed E-state index contributed by atoms with van der Waals surface area (Å²) < 4.78 is 0. The normalized spacial score (nSPS) is 11.9. The number of hydrogen-bond donors (Lipinski definition) is 3. The van der Waals surface area contributed by atoms with Crippen molar-refractivity contribution in [2.75, 3.05) is 17.2 Å². The highest BCUT2D eigenvalue weighted by Crippen LogP contribution is 2.16. The summed E-state index contributed by atoms with van der Waals surface area (Å²) in [5.74, 6) is 1.25. The average molecular weight is 353 g/mol. The third-order valence-corrected chi connectivity index (χ3v) is 4.11. The molecule has 9 heteroatoms. The van der Waals surface area contributed by atoms with Crippen LogP contribution in [0.15, 0.2) is 24.3 Å². The number of anilines is 2. The fourth-order valence-corrected chi connectivity index (χ4v) is 2.68. The zero-order valence-electron chi connectivity index (χ0n) is 12.5. The van der Waals surface area contributed by atoms with Crippen molar-refractivity contribution >= 4 is 41.2 Å². The second-order valence-electron chi connectivity index (χ2n) is 4.80. The van der Waals surface area contributed by atoms with Crippen LogP contribution in [0, 0.1) is 0 Å². The number of hydrogen-bond acceptors (Lipinski definition) is 7. The van der Waals surface area contributed by atoms with Crippen LogP contribution >= 0.6 is 23.4 Å². The molecule has 1 amide bonds. The maximum atomic E-state index is 12.0. The van der Waals surface area contributed by atoms with Gasteiger partial charge in [-0.1, -0.05) is 23.7 Å². The lowest BCUT2D eigenvalue weighted by Gasteiger charge is -2.14. The van der Waals surface area contributed by atoms with E-state index in [9.17, 15) is 4.79 Å². The maximum absolute atomic E-state index is 12.0. The lowest BCUT2D eigenvalue weighted by Crippen LogP contribution is -2.28. The molecule has 23 heavy (non-hydrogen) atoms. The van der Waals surface area contributed by atoms with E-state index in [2.05, 4.69) is 20.3 Å². The van der Waals surface area contributed by atoms with Crippen molar-refractivity contribution in [1.29, 1.82) is 0 Å². The summed E-state index contributed by atoms with van der Waals surface area (Å²) in [5, 5.41) is 3.58. The third kappa shape index (κ3) is 5.57. The maximum Gasteiger partial charge on any atom is 0.230 e. The molecular formula is C14H17ClN6OS. The van der Waals surface area contributed by atoms with E-state index in [1.54, 1.807) is 12.1 Å². The Kier molecular flexibility index (Phi) is 6.00. The minimum atomic E-state index is -0.0937. The highest BCUT2D eigenvalue weighted by Gasteiger charge is 2.10. The molecule has 0 radical (unpaired) electrons. The molecule has 1 aromatic heterocycles. The zero-order chi connectivity index (χ0) is 16.8. The highest BCUT2D eigenvalue weighted by molar-refractivity contribution is 7.99. The molecule has 0 saturated carbocycles. The van der Waals surface area contributed by atoms with Gasteiger partial charge >= 0.3 is 0 Å². The van der Waals surface area contributed by atoms with Crippen LogP contribution < -0.4 is 16.8 Å². The number of amides is 1. The highest BCUT2D eigenvalue weighted by atomic mass is 35.5. The van der Waals surface area contributed by atoms with Crippen LogP contribution in [0.2, 0.25) is 5.02 Å². The molecule has 0 saturated heterocycles. The predicted molar refractivity (Wildman–Crippen MR) is 92.8 cm³/mol. The van der Waals surface area contributed by atoms with Gasteiger partial charge in [-0.3, -0.25) is 4.79 Å². The Morgan fingerprint density at radius 2 is 1.83 bits per heavy atom. The first-order valence-corrected chi connectivity index (χ1v) is 8.36. The van der Waals surface area contributed by atoms with Gasteiger partial charge in [0.1, 0.15) is 5.82 Å². The molecule has 122 valence electrons. The molecule has 1 heterocycles. The van der Waals surface area contributed by atoms with E-state index in [0.717, 1.165) is 5.56 Å². The number of nitrogens with zero attached hydrogens (tertiary/aromatic N) is 3. The molecule has 1 aromatic carbocycles. The first kappa shape index (κ1) is 17.3. The van der Waals surface area contributed by atoms with Crippen molar-refractivity contribution in [1.82, 2.24) is 20.3 Å². The molecule has 0 aliphatic carbocycles. The molecule has 0 spiro atoms. The van der Waals surface area contributed by atoms with Crippen LogP contribution in [-0.2, 0) is 10.5 Å². The summed E-state index contributed by atoms with van der Waals surface area (Å²) in [6.07, 6.45) is 0. The zero-order valence-corrected chi connectivity index (χ0v) is 14.1. The summed E-state index contributed by atoms with van der Waals surface area (Å²) in [6.45, 7) is 1.92. The Morgan fingerprint density at radius 3 is 2.43 bits per heavy atom. The van der Waals surface area contributed by atoms with Gasteiger partial charge in [0.05, 0.1) is 17.5 Å². The third-order valence-electron chi connectivity index (χ3n) is 2.93. The standard InChI is InChI=1S/C14H17ClN6OS/c1-8(9-2-4-10(15)5-3-9)18-12(22)7-23-6-11-19-13(16)21-14(17)20-11/h2-5,8H,6-7H2,1H3,(H,18,22)(H4,16,17,19,20,21). The monoisotopic (exact) mass is 352 g/mol. The van der Waals surface area contributed by atoms with Gasteiger partial charge in [0.25, 0.3) is 0 Å². The number of benzene rings is 1. The summed E-state index contributed by atoms with van der Waals surface area (Å²) in [7, 11) is 0. The second-order valence-corrected chi connectivity index (χ2v) is 6.22. The number of carbonyl (C=O) groups is 1. The van der Waals surface area contributed by atoms with Crippen molar-refractivity contribution < 1.29 is 4.79 Å². The van der Waals surface area contributed by atoms with Crippen molar-refractivity contribution in [2.45, 2.75) is 18.7 Å². The van der Waals surface area contributed by atoms with E-state index in [0.29, 0.717) is 16.6 Å². The Bertz CT molecular complexity index is 661. The van der Waals surface area contributed by atoms with Crippen LogP contribution in [0.25, 0.3) is 0 Å². The molecule has 7 nitrogen and oxygen atoms in total. The molecule has 0 fully saturated rings. The van der Waals surface area contributed by atoms with E-state index in [4.69, 9.17) is 23.1 Å². The minimum absolute atomic E-state index is 0.0764. The molecule has 0 bridgehead atoms. The minimum Gasteiger partial charge on any atom is -0.368 e. The SMILES string of the molecule is CC(NC(=O)CSCc1nc(N)nc(N)n1)c1ccc(Cl)cc1. The van der Waals surface area contributed by atoms with E-state index in [1.807, 2.05) is 19.1 Å². The Labute approximate surface area is 143 Å².